The zero-order valence-electron chi connectivity index (χ0n) is 12.5. The first-order valence-electron chi connectivity index (χ1n) is 6.78. The lowest BCUT2D eigenvalue weighted by atomic mass is 10.1. The minimum absolute atomic E-state index is 0.502. The van der Waals surface area contributed by atoms with Gasteiger partial charge in [-0.2, -0.15) is 0 Å². The molecule has 0 spiro atoms. The lowest BCUT2D eigenvalue weighted by Crippen LogP contribution is -2.06. The molecule has 1 aromatic heterocycles. The molecule has 0 aliphatic rings. The molecule has 112 valence electrons. The van der Waals surface area contributed by atoms with Crippen LogP contribution in [0.1, 0.15) is 18.9 Å². The Bertz CT molecular complexity index is 617. The number of methoxy groups -OCH3 is 2. The highest BCUT2D eigenvalue weighted by Crippen LogP contribution is 2.32. The van der Waals surface area contributed by atoms with E-state index in [9.17, 15) is 0 Å². The van der Waals surface area contributed by atoms with Crippen LogP contribution in [0.2, 0.25) is 0 Å². The van der Waals surface area contributed by atoms with Crippen LogP contribution in [-0.2, 0) is 6.42 Å². The second-order valence-corrected chi connectivity index (χ2v) is 4.53. The van der Waals surface area contributed by atoms with Crippen LogP contribution in [0.15, 0.2) is 24.5 Å². The third-order valence-electron chi connectivity index (χ3n) is 3.14. The minimum Gasteiger partial charge on any atom is -0.497 e. The standard InChI is InChI=1S/C15H20N4O2/c1-4-5-11-14(16)17-9-18-15(11)19-12-7-6-10(20-2)8-13(12)21-3/h6-9H,4-5H2,1-3H3,(H3,16,17,18,19). The van der Waals surface area contributed by atoms with Crippen molar-refractivity contribution in [3.05, 3.63) is 30.1 Å². The highest BCUT2D eigenvalue weighted by molar-refractivity contribution is 5.69. The number of ether oxygens (including phenoxy) is 2. The molecule has 0 bridgehead atoms. The Morgan fingerprint density at radius 2 is 2.00 bits per heavy atom. The first-order valence-corrected chi connectivity index (χ1v) is 6.78. The van der Waals surface area contributed by atoms with Crippen molar-refractivity contribution < 1.29 is 9.47 Å². The number of nitrogens with zero attached hydrogens (tertiary/aromatic N) is 2. The SMILES string of the molecule is CCCc1c(N)ncnc1Nc1ccc(OC)cc1OC. The van der Waals surface area contributed by atoms with Gasteiger partial charge in [-0.05, 0) is 18.6 Å². The fourth-order valence-corrected chi connectivity index (χ4v) is 2.06. The summed E-state index contributed by atoms with van der Waals surface area (Å²) in [6.45, 7) is 2.09. The van der Waals surface area contributed by atoms with Crippen molar-refractivity contribution in [3.63, 3.8) is 0 Å². The maximum Gasteiger partial charge on any atom is 0.146 e. The molecule has 21 heavy (non-hydrogen) atoms. The molecule has 0 saturated carbocycles. The first kappa shape index (κ1) is 14.9. The fraction of sp³-hybridized carbons (Fsp3) is 0.333. The number of aromatic nitrogens is 2. The largest absolute Gasteiger partial charge is 0.497 e. The molecule has 1 heterocycles. The molecule has 0 radical (unpaired) electrons. The summed E-state index contributed by atoms with van der Waals surface area (Å²) in [7, 11) is 3.23. The molecule has 6 heteroatoms. The summed E-state index contributed by atoms with van der Waals surface area (Å²) in [4.78, 5) is 8.33. The van der Waals surface area contributed by atoms with Gasteiger partial charge < -0.3 is 20.5 Å². The topological polar surface area (TPSA) is 82.3 Å². The van der Waals surface area contributed by atoms with E-state index in [1.807, 2.05) is 18.2 Å². The van der Waals surface area contributed by atoms with Crippen molar-refractivity contribution in [2.24, 2.45) is 0 Å². The van der Waals surface area contributed by atoms with Gasteiger partial charge in [0, 0.05) is 11.6 Å². The van der Waals surface area contributed by atoms with Crippen molar-refractivity contribution in [2.45, 2.75) is 19.8 Å². The minimum atomic E-state index is 0.502. The van der Waals surface area contributed by atoms with E-state index in [1.54, 1.807) is 14.2 Å². The molecule has 0 aliphatic carbocycles. The van der Waals surface area contributed by atoms with E-state index >= 15 is 0 Å². The monoisotopic (exact) mass is 288 g/mol. The maximum atomic E-state index is 5.93. The van der Waals surface area contributed by atoms with Gasteiger partial charge in [-0.1, -0.05) is 13.3 Å². The van der Waals surface area contributed by atoms with Gasteiger partial charge in [0.2, 0.25) is 0 Å². The van der Waals surface area contributed by atoms with E-state index in [1.165, 1.54) is 6.33 Å². The van der Waals surface area contributed by atoms with E-state index in [-0.39, 0.29) is 0 Å². The van der Waals surface area contributed by atoms with Crippen LogP contribution in [-0.4, -0.2) is 24.2 Å². The lowest BCUT2D eigenvalue weighted by Gasteiger charge is -2.15. The smallest absolute Gasteiger partial charge is 0.146 e. The van der Waals surface area contributed by atoms with Gasteiger partial charge in [0.1, 0.15) is 29.5 Å². The van der Waals surface area contributed by atoms with Crippen molar-refractivity contribution in [1.29, 1.82) is 0 Å². The molecule has 6 nitrogen and oxygen atoms in total. The van der Waals surface area contributed by atoms with Gasteiger partial charge in [0.25, 0.3) is 0 Å². The van der Waals surface area contributed by atoms with Crippen molar-refractivity contribution >= 4 is 17.3 Å². The quantitative estimate of drug-likeness (QED) is 0.850. The molecular weight excluding hydrogens is 268 g/mol. The molecule has 1 aromatic carbocycles. The van der Waals surface area contributed by atoms with Crippen molar-refractivity contribution in [1.82, 2.24) is 9.97 Å². The predicted octanol–water partition coefficient (Wildman–Crippen LogP) is 2.77. The molecular formula is C15H20N4O2. The summed E-state index contributed by atoms with van der Waals surface area (Å²) in [5.74, 6) is 2.61. The number of rotatable bonds is 6. The molecule has 0 aliphatic heterocycles. The Morgan fingerprint density at radius 1 is 1.19 bits per heavy atom. The highest BCUT2D eigenvalue weighted by Gasteiger charge is 2.11. The zero-order chi connectivity index (χ0) is 15.2. The second-order valence-electron chi connectivity index (χ2n) is 4.53. The Labute approximate surface area is 124 Å². The summed E-state index contributed by atoms with van der Waals surface area (Å²) in [6.07, 6.45) is 3.23. The van der Waals surface area contributed by atoms with Gasteiger partial charge >= 0.3 is 0 Å². The van der Waals surface area contributed by atoms with E-state index in [4.69, 9.17) is 15.2 Å². The summed E-state index contributed by atoms with van der Waals surface area (Å²) < 4.78 is 10.6. The normalized spacial score (nSPS) is 10.2. The molecule has 0 unspecified atom stereocenters. The third-order valence-corrected chi connectivity index (χ3v) is 3.14. The van der Waals surface area contributed by atoms with Crippen LogP contribution in [0.5, 0.6) is 11.5 Å². The van der Waals surface area contributed by atoms with E-state index in [2.05, 4.69) is 22.2 Å². The Morgan fingerprint density at radius 3 is 2.67 bits per heavy atom. The van der Waals surface area contributed by atoms with Crippen LogP contribution in [0, 0.1) is 0 Å². The van der Waals surface area contributed by atoms with Crippen LogP contribution >= 0.6 is 0 Å². The van der Waals surface area contributed by atoms with E-state index in [0.717, 1.165) is 29.8 Å². The molecule has 0 fully saturated rings. The Hall–Kier alpha value is -2.50. The molecule has 0 saturated heterocycles. The fourth-order valence-electron chi connectivity index (χ4n) is 2.06. The lowest BCUT2D eigenvalue weighted by molar-refractivity contribution is 0.395. The van der Waals surface area contributed by atoms with E-state index in [0.29, 0.717) is 17.4 Å². The molecule has 3 N–H and O–H groups in total. The van der Waals surface area contributed by atoms with Crippen LogP contribution < -0.4 is 20.5 Å². The Kier molecular flexibility index (Phi) is 4.81. The van der Waals surface area contributed by atoms with Gasteiger partial charge in [0.05, 0.1) is 19.9 Å². The predicted molar refractivity (Wildman–Crippen MR) is 83.3 cm³/mol. The number of nitrogen functional groups attached to an aromatic ring is 1. The Balaban J connectivity index is 2.36. The summed E-state index contributed by atoms with van der Waals surface area (Å²) in [5, 5.41) is 3.26. The van der Waals surface area contributed by atoms with Crippen molar-refractivity contribution in [3.8, 4) is 11.5 Å². The molecule has 2 aromatic rings. The molecule has 0 atom stereocenters. The van der Waals surface area contributed by atoms with Crippen LogP contribution in [0.3, 0.4) is 0 Å². The number of benzene rings is 1. The van der Waals surface area contributed by atoms with Crippen molar-refractivity contribution in [2.75, 3.05) is 25.3 Å². The number of nitrogens with two attached hydrogens (primary N) is 1. The average Bonchev–Trinajstić information content (AvgIpc) is 2.51. The van der Waals surface area contributed by atoms with Gasteiger partial charge in [-0.25, -0.2) is 9.97 Å². The summed E-state index contributed by atoms with van der Waals surface area (Å²) >= 11 is 0. The van der Waals surface area contributed by atoms with Crippen LogP contribution in [0.25, 0.3) is 0 Å². The average molecular weight is 288 g/mol. The van der Waals surface area contributed by atoms with Crippen LogP contribution in [0.4, 0.5) is 17.3 Å². The van der Waals surface area contributed by atoms with Gasteiger partial charge in [-0.15, -0.1) is 0 Å². The maximum absolute atomic E-state index is 5.93. The first-order chi connectivity index (χ1) is 10.2. The highest BCUT2D eigenvalue weighted by atomic mass is 16.5. The molecule has 2 rings (SSSR count). The number of nitrogens with one attached hydrogen (secondary N) is 1. The number of hydrogen-bond donors (Lipinski definition) is 2. The number of hydrogen-bond acceptors (Lipinski definition) is 6. The third kappa shape index (κ3) is 3.34. The van der Waals surface area contributed by atoms with Gasteiger partial charge in [-0.3, -0.25) is 0 Å². The zero-order valence-corrected chi connectivity index (χ0v) is 12.5. The summed E-state index contributed by atoms with van der Waals surface area (Å²) in [5.41, 5.74) is 7.65. The van der Waals surface area contributed by atoms with Gasteiger partial charge in [0.15, 0.2) is 0 Å². The molecule has 0 amide bonds. The van der Waals surface area contributed by atoms with E-state index < -0.39 is 0 Å². The second kappa shape index (κ2) is 6.78. The summed E-state index contributed by atoms with van der Waals surface area (Å²) in [6, 6.07) is 5.55. The number of anilines is 3.